The lowest BCUT2D eigenvalue weighted by atomic mass is 10.2. The van der Waals surface area contributed by atoms with Crippen LogP contribution in [0.15, 0.2) is 0 Å². The molecule has 0 aromatic heterocycles. The first-order valence-corrected chi connectivity index (χ1v) is 5.89. The molecule has 6 nitrogen and oxygen atoms in total. The van der Waals surface area contributed by atoms with Gasteiger partial charge >= 0.3 is 12.1 Å². The highest BCUT2D eigenvalue weighted by Crippen LogP contribution is 2.17. The average Bonchev–Trinajstić information content (AvgIpc) is 2.57. The van der Waals surface area contributed by atoms with Crippen molar-refractivity contribution in [1.29, 1.82) is 0 Å². The molecule has 2 heterocycles. The van der Waals surface area contributed by atoms with Crippen molar-refractivity contribution in [1.82, 2.24) is 15.1 Å². The molecule has 2 fully saturated rings. The maximum absolute atomic E-state index is 11.9. The second-order valence-corrected chi connectivity index (χ2v) is 5.46. The number of hydrogen-bond donors (Lipinski definition) is 1. The van der Waals surface area contributed by atoms with E-state index in [4.69, 9.17) is 4.74 Å². The molecule has 1 atom stereocenters. The molecule has 3 amide bonds. The third-order valence-corrected chi connectivity index (χ3v) is 2.88. The first-order valence-electron chi connectivity index (χ1n) is 5.89. The molecule has 6 heteroatoms. The SMILES string of the molecule is CC(C)(C)OC(=O)N1CCN2C(=O)NC[C@H]2C1. The van der Waals surface area contributed by atoms with Gasteiger partial charge in [0.05, 0.1) is 6.04 Å². The fourth-order valence-corrected chi connectivity index (χ4v) is 2.10. The number of carbonyl (C=O) groups excluding carboxylic acids is 2. The van der Waals surface area contributed by atoms with Crippen LogP contribution < -0.4 is 5.32 Å². The summed E-state index contributed by atoms with van der Waals surface area (Å²) in [5, 5.41) is 2.78. The number of amides is 3. The van der Waals surface area contributed by atoms with E-state index in [1.54, 1.807) is 9.80 Å². The van der Waals surface area contributed by atoms with E-state index >= 15 is 0 Å². The zero-order valence-electron chi connectivity index (χ0n) is 10.5. The lowest BCUT2D eigenvalue weighted by molar-refractivity contribution is 0.0128. The summed E-state index contributed by atoms with van der Waals surface area (Å²) in [5.41, 5.74) is -0.474. The van der Waals surface area contributed by atoms with Gasteiger partial charge in [0, 0.05) is 26.2 Å². The molecule has 0 saturated carbocycles. The summed E-state index contributed by atoms with van der Waals surface area (Å²) in [5.74, 6) is 0. The van der Waals surface area contributed by atoms with Crippen molar-refractivity contribution in [2.24, 2.45) is 0 Å². The van der Waals surface area contributed by atoms with Crippen LogP contribution in [0.3, 0.4) is 0 Å². The van der Waals surface area contributed by atoms with Crippen LogP contribution >= 0.6 is 0 Å². The smallest absolute Gasteiger partial charge is 0.410 e. The molecule has 0 spiro atoms. The van der Waals surface area contributed by atoms with Crippen molar-refractivity contribution >= 4 is 12.1 Å². The number of carbonyl (C=O) groups is 2. The van der Waals surface area contributed by atoms with Crippen LogP contribution in [0.1, 0.15) is 20.8 Å². The van der Waals surface area contributed by atoms with Crippen molar-refractivity contribution in [3.63, 3.8) is 0 Å². The second kappa shape index (κ2) is 4.09. The van der Waals surface area contributed by atoms with Gasteiger partial charge in [0.1, 0.15) is 5.60 Å². The van der Waals surface area contributed by atoms with Gasteiger partial charge in [-0.15, -0.1) is 0 Å². The van der Waals surface area contributed by atoms with Crippen LogP contribution in [-0.4, -0.2) is 59.7 Å². The Kier molecular flexibility index (Phi) is 2.89. The molecular formula is C11H19N3O3. The number of urea groups is 1. The van der Waals surface area contributed by atoms with Gasteiger partial charge < -0.3 is 19.9 Å². The van der Waals surface area contributed by atoms with Gasteiger partial charge in [-0.2, -0.15) is 0 Å². The van der Waals surface area contributed by atoms with Gasteiger partial charge in [0.2, 0.25) is 0 Å². The average molecular weight is 241 g/mol. The first-order chi connectivity index (χ1) is 7.87. The normalized spacial score (nSPS) is 24.4. The molecule has 0 aliphatic carbocycles. The summed E-state index contributed by atoms with van der Waals surface area (Å²) in [4.78, 5) is 26.7. The van der Waals surface area contributed by atoms with Crippen molar-refractivity contribution in [2.75, 3.05) is 26.2 Å². The van der Waals surface area contributed by atoms with Crippen LogP contribution in [0.5, 0.6) is 0 Å². The molecule has 2 aliphatic rings. The fraction of sp³-hybridized carbons (Fsp3) is 0.818. The topological polar surface area (TPSA) is 61.9 Å². The highest BCUT2D eigenvalue weighted by molar-refractivity contribution is 5.77. The van der Waals surface area contributed by atoms with Crippen LogP contribution in [0.2, 0.25) is 0 Å². The molecule has 2 saturated heterocycles. The Morgan fingerprint density at radius 2 is 2.12 bits per heavy atom. The minimum atomic E-state index is -0.474. The molecule has 0 aromatic carbocycles. The third kappa shape index (κ3) is 2.62. The van der Waals surface area contributed by atoms with E-state index in [0.29, 0.717) is 26.2 Å². The predicted octanol–water partition coefficient (Wildman–Crippen LogP) is 0.631. The molecule has 2 aliphatic heterocycles. The summed E-state index contributed by atoms with van der Waals surface area (Å²) in [6, 6.07) is 0.0580. The van der Waals surface area contributed by atoms with Crippen LogP contribution in [0.4, 0.5) is 9.59 Å². The number of nitrogens with zero attached hydrogens (tertiary/aromatic N) is 2. The first kappa shape index (κ1) is 12.0. The van der Waals surface area contributed by atoms with E-state index in [2.05, 4.69) is 5.32 Å². The highest BCUT2D eigenvalue weighted by Gasteiger charge is 2.37. The Hall–Kier alpha value is -1.46. The van der Waals surface area contributed by atoms with Crippen molar-refractivity contribution in [3.05, 3.63) is 0 Å². The molecule has 17 heavy (non-hydrogen) atoms. The Morgan fingerprint density at radius 3 is 2.76 bits per heavy atom. The Labute approximate surface area is 101 Å². The number of ether oxygens (including phenoxy) is 1. The molecule has 2 rings (SSSR count). The van der Waals surface area contributed by atoms with E-state index in [1.807, 2.05) is 20.8 Å². The van der Waals surface area contributed by atoms with Gasteiger partial charge in [-0.1, -0.05) is 0 Å². The van der Waals surface area contributed by atoms with E-state index < -0.39 is 5.60 Å². The Morgan fingerprint density at radius 1 is 1.41 bits per heavy atom. The standard InChI is InChI=1S/C11H19N3O3/c1-11(2,3)17-10(16)13-4-5-14-8(7-13)6-12-9(14)15/h8H,4-7H2,1-3H3,(H,12,15)/t8-/m0/s1. The van der Waals surface area contributed by atoms with E-state index in [0.717, 1.165) is 0 Å². The molecule has 0 bridgehead atoms. The number of nitrogens with one attached hydrogen (secondary N) is 1. The van der Waals surface area contributed by atoms with Crippen LogP contribution in [-0.2, 0) is 4.74 Å². The maximum Gasteiger partial charge on any atom is 0.410 e. The molecule has 0 unspecified atom stereocenters. The number of piperazine rings is 1. The second-order valence-electron chi connectivity index (χ2n) is 5.46. The van der Waals surface area contributed by atoms with Crippen LogP contribution in [0, 0.1) is 0 Å². The molecule has 0 aromatic rings. The Bertz CT molecular complexity index is 337. The summed E-state index contributed by atoms with van der Waals surface area (Å²) in [6.45, 7) is 7.83. The van der Waals surface area contributed by atoms with Crippen molar-refractivity contribution in [2.45, 2.75) is 32.4 Å². The third-order valence-electron chi connectivity index (χ3n) is 2.88. The number of fused-ring (bicyclic) bond motifs is 1. The zero-order valence-corrected chi connectivity index (χ0v) is 10.5. The maximum atomic E-state index is 11.9. The minimum Gasteiger partial charge on any atom is -0.444 e. The lowest BCUT2D eigenvalue weighted by Crippen LogP contribution is -2.54. The highest BCUT2D eigenvalue weighted by atomic mass is 16.6. The summed E-state index contributed by atoms with van der Waals surface area (Å²) >= 11 is 0. The summed E-state index contributed by atoms with van der Waals surface area (Å²) in [7, 11) is 0. The fourth-order valence-electron chi connectivity index (χ4n) is 2.10. The van der Waals surface area contributed by atoms with E-state index in [1.165, 1.54) is 0 Å². The van der Waals surface area contributed by atoms with Gasteiger partial charge in [-0.05, 0) is 20.8 Å². The molecular weight excluding hydrogens is 222 g/mol. The van der Waals surface area contributed by atoms with Gasteiger partial charge in [0.15, 0.2) is 0 Å². The molecule has 0 radical (unpaired) electrons. The van der Waals surface area contributed by atoms with Crippen molar-refractivity contribution < 1.29 is 14.3 Å². The quantitative estimate of drug-likeness (QED) is 0.676. The number of hydrogen-bond acceptors (Lipinski definition) is 3. The predicted molar refractivity (Wildman–Crippen MR) is 61.7 cm³/mol. The van der Waals surface area contributed by atoms with Gasteiger partial charge in [-0.25, -0.2) is 9.59 Å². The summed E-state index contributed by atoms with van der Waals surface area (Å²) in [6.07, 6.45) is -0.295. The minimum absolute atomic E-state index is 0.0289. The number of rotatable bonds is 0. The zero-order chi connectivity index (χ0) is 12.6. The molecule has 96 valence electrons. The van der Waals surface area contributed by atoms with E-state index in [9.17, 15) is 9.59 Å². The van der Waals surface area contributed by atoms with Gasteiger partial charge in [0.25, 0.3) is 0 Å². The van der Waals surface area contributed by atoms with Crippen molar-refractivity contribution in [3.8, 4) is 0 Å². The van der Waals surface area contributed by atoms with Gasteiger partial charge in [-0.3, -0.25) is 0 Å². The summed E-state index contributed by atoms with van der Waals surface area (Å²) < 4.78 is 5.32. The molecule has 1 N–H and O–H groups in total. The Balaban J connectivity index is 1.93. The van der Waals surface area contributed by atoms with E-state index in [-0.39, 0.29) is 18.2 Å². The lowest BCUT2D eigenvalue weighted by Gasteiger charge is -2.37. The monoisotopic (exact) mass is 241 g/mol. The van der Waals surface area contributed by atoms with Crippen LogP contribution in [0.25, 0.3) is 0 Å². The largest absolute Gasteiger partial charge is 0.444 e.